The maximum atomic E-state index is 11.9. The lowest BCUT2D eigenvalue weighted by molar-refractivity contribution is 0.153. The molecule has 0 saturated heterocycles. The van der Waals surface area contributed by atoms with Crippen molar-refractivity contribution in [2.45, 2.75) is 17.9 Å². The van der Waals surface area contributed by atoms with Crippen LogP contribution in [0, 0.1) is 0 Å². The van der Waals surface area contributed by atoms with Gasteiger partial charge >= 0.3 is 0 Å². The molecule has 98 valence electrons. The van der Waals surface area contributed by atoms with Crippen molar-refractivity contribution < 1.29 is 17.2 Å². The van der Waals surface area contributed by atoms with E-state index in [0.717, 1.165) is 5.69 Å². The number of aryl methyl sites for hydroxylation is 1. The van der Waals surface area contributed by atoms with Crippen LogP contribution < -0.4 is 10.0 Å². The fourth-order valence-electron chi connectivity index (χ4n) is 1.34. The lowest BCUT2D eigenvalue weighted by Crippen LogP contribution is -2.28. The molecule has 0 aliphatic heterocycles. The van der Waals surface area contributed by atoms with E-state index in [1.807, 2.05) is 4.72 Å². The topological polar surface area (TPSA) is 63.1 Å². The van der Waals surface area contributed by atoms with Gasteiger partial charge in [-0.1, -0.05) is 0 Å². The minimum Gasteiger partial charge on any atom is -0.352 e. The number of alkyl halides is 2. The van der Waals surface area contributed by atoms with Gasteiger partial charge < -0.3 is 9.88 Å². The van der Waals surface area contributed by atoms with Crippen LogP contribution in [0.2, 0.25) is 0 Å². The van der Waals surface area contributed by atoms with E-state index in [9.17, 15) is 17.2 Å². The first-order valence-electron chi connectivity index (χ1n) is 4.94. The first-order chi connectivity index (χ1) is 7.86. The molecule has 1 aromatic heterocycles. The molecule has 5 nitrogen and oxygen atoms in total. The summed E-state index contributed by atoms with van der Waals surface area (Å²) in [6.45, 7) is -0.376. The SMILES string of the molecule is CNCc1cc(S(=O)(=O)NCC(F)F)cn1C. The maximum Gasteiger partial charge on any atom is 0.251 e. The number of rotatable bonds is 6. The number of hydrogen-bond donors (Lipinski definition) is 2. The quantitative estimate of drug-likeness (QED) is 0.778. The van der Waals surface area contributed by atoms with Gasteiger partial charge in [-0.2, -0.15) is 0 Å². The van der Waals surface area contributed by atoms with Crippen LogP contribution in [-0.2, 0) is 23.6 Å². The van der Waals surface area contributed by atoms with Crippen molar-refractivity contribution in [2.75, 3.05) is 13.6 Å². The average Bonchev–Trinajstić information content (AvgIpc) is 2.59. The van der Waals surface area contributed by atoms with Crippen molar-refractivity contribution in [2.24, 2.45) is 7.05 Å². The van der Waals surface area contributed by atoms with Crippen molar-refractivity contribution >= 4 is 10.0 Å². The Morgan fingerprint density at radius 2 is 2.12 bits per heavy atom. The molecule has 0 fully saturated rings. The van der Waals surface area contributed by atoms with E-state index in [1.54, 1.807) is 18.7 Å². The lowest BCUT2D eigenvalue weighted by Gasteiger charge is -2.03. The zero-order valence-electron chi connectivity index (χ0n) is 9.57. The third-order valence-electron chi connectivity index (χ3n) is 2.18. The molecule has 1 heterocycles. The van der Waals surface area contributed by atoms with Gasteiger partial charge in [-0.25, -0.2) is 21.9 Å². The van der Waals surface area contributed by atoms with Gasteiger partial charge in [0.1, 0.15) is 0 Å². The lowest BCUT2D eigenvalue weighted by atomic mass is 10.4. The molecule has 0 radical (unpaired) electrons. The fraction of sp³-hybridized carbons (Fsp3) is 0.556. The second-order valence-corrected chi connectivity index (χ2v) is 5.32. The Morgan fingerprint density at radius 3 is 2.65 bits per heavy atom. The molecule has 0 aliphatic rings. The first kappa shape index (κ1) is 14.1. The minimum absolute atomic E-state index is 0.00843. The van der Waals surface area contributed by atoms with E-state index in [-0.39, 0.29) is 4.90 Å². The molecule has 0 bridgehead atoms. The summed E-state index contributed by atoms with van der Waals surface area (Å²) >= 11 is 0. The van der Waals surface area contributed by atoms with Gasteiger partial charge in [0.05, 0.1) is 11.4 Å². The van der Waals surface area contributed by atoms with Crippen LogP contribution >= 0.6 is 0 Å². The Bertz CT molecular complexity index is 471. The van der Waals surface area contributed by atoms with Gasteiger partial charge in [-0.15, -0.1) is 0 Å². The highest BCUT2D eigenvalue weighted by Crippen LogP contribution is 2.13. The van der Waals surface area contributed by atoms with Gasteiger partial charge in [-0.05, 0) is 13.1 Å². The van der Waals surface area contributed by atoms with E-state index < -0.39 is 23.0 Å². The Morgan fingerprint density at radius 1 is 1.47 bits per heavy atom. The molecule has 17 heavy (non-hydrogen) atoms. The van der Waals surface area contributed by atoms with Gasteiger partial charge in [0.15, 0.2) is 0 Å². The van der Waals surface area contributed by atoms with E-state index in [2.05, 4.69) is 5.32 Å². The predicted molar refractivity (Wildman–Crippen MR) is 59.4 cm³/mol. The van der Waals surface area contributed by atoms with E-state index >= 15 is 0 Å². The predicted octanol–water partition coefficient (Wildman–Crippen LogP) is 0.288. The summed E-state index contributed by atoms with van der Waals surface area (Å²) in [5.74, 6) is 0. The fourth-order valence-corrected chi connectivity index (χ4v) is 2.44. The molecule has 0 unspecified atom stereocenters. The Kier molecular flexibility index (Phi) is 4.61. The van der Waals surface area contributed by atoms with Crippen LogP contribution in [0.25, 0.3) is 0 Å². The van der Waals surface area contributed by atoms with E-state index in [0.29, 0.717) is 6.54 Å². The minimum atomic E-state index is -3.85. The molecule has 0 amide bonds. The molecule has 0 aliphatic carbocycles. The number of aromatic nitrogens is 1. The summed E-state index contributed by atoms with van der Waals surface area (Å²) in [5.41, 5.74) is 0.755. The Hall–Kier alpha value is -0.990. The summed E-state index contributed by atoms with van der Waals surface area (Å²) < 4.78 is 50.6. The summed E-state index contributed by atoms with van der Waals surface area (Å²) in [6.07, 6.45) is -1.31. The molecule has 2 N–H and O–H groups in total. The standard InChI is InChI=1S/C9H15F2N3O2S/c1-12-4-7-3-8(6-14(7)2)17(15,16)13-5-9(10)11/h3,6,9,12-13H,4-5H2,1-2H3. The Labute approximate surface area is 98.9 Å². The highest BCUT2D eigenvalue weighted by molar-refractivity contribution is 7.89. The van der Waals surface area contributed by atoms with Crippen molar-refractivity contribution in [3.8, 4) is 0 Å². The number of sulfonamides is 1. The van der Waals surface area contributed by atoms with Gasteiger partial charge in [0.25, 0.3) is 6.43 Å². The highest BCUT2D eigenvalue weighted by atomic mass is 32.2. The van der Waals surface area contributed by atoms with Gasteiger partial charge in [0.2, 0.25) is 10.0 Å². The number of halogens is 2. The molecule has 1 aromatic rings. The van der Waals surface area contributed by atoms with Crippen LogP contribution in [0.15, 0.2) is 17.2 Å². The van der Waals surface area contributed by atoms with Crippen molar-refractivity contribution in [3.63, 3.8) is 0 Å². The van der Waals surface area contributed by atoms with E-state index in [1.165, 1.54) is 12.3 Å². The van der Waals surface area contributed by atoms with Gasteiger partial charge in [0, 0.05) is 25.5 Å². The normalized spacial score (nSPS) is 12.3. The third-order valence-corrected chi connectivity index (χ3v) is 3.57. The molecule has 1 rings (SSSR count). The molecular formula is C9H15F2N3O2S. The summed E-state index contributed by atoms with van der Waals surface area (Å²) in [4.78, 5) is -0.00843. The highest BCUT2D eigenvalue weighted by Gasteiger charge is 2.18. The summed E-state index contributed by atoms with van der Waals surface area (Å²) in [5, 5.41) is 2.88. The van der Waals surface area contributed by atoms with Crippen molar-refractivity contribution in [1.29, 1.82) is 0 Å². The molecule has 8 heteroatoms. The zero-order valence-corrected chi connectivity index (χ0v) is 10.4. The smallest absolute Gasteiger partial charge is 0.251 e. The van der Waals surface area contributed by atoms with Crippen molar-refractivity contribution in [1.82, 2.24) is 14.6 Å². The molecular weight excluding hydrogens is 252 g/mol. The molecule has 0 saturated carbocycles. The zero-order chi connectivity index (χ0) is 13.1. The number of hydrogen-bond acceptors (Lipinski definition) is 3. The molecule has 0 aromatic carbocycles. The van der Waals surface area contributed by atoms with E-state index in [4.69, 9.17) is 0 Å². The van der Waals surface area contributed by atoms with Crippen LogP contribution in [-0.4, -0.2) is 33.0 Å². The Balaban J connectivity index is 2.88. The van der Waals surface area contributed by atoms with Crippen LogP contribution in [0.4, 0.5) is 8.78 Å². The number of nitrogens with zero attached hydrogens (tertiary/aromatic N) is 1. The third kappa shape index (κ3) is 3.76. The van der Waals surface area contributed by atoms with Crippen LogP contribution in [0.1, 0.15) is 5.69 Å². The second kappa shape index (κ2) is 5.56. The van der Waals surface area contributed by atoms with Crippen molar-refractivity contribution in [3.05, 3.63) is 18.0 Å². The average molecular weight is 267 g/mol. The summed E-state index contributed by atoms with van der Waals surface area (Å²) in [6, 6.07) is 1.45. The first-order valence-corrected chi connectivity index (χ1v) is 6.43. The second-order valence-electron chi connectivity index (χ2n) is 3.55. The molecule has 0 spiro atoms. The largest absolute Gasteiger partial charge is 0.352 e. The van der Waals surface area contributed by atoms with Gasteiger partial charge in [-0.3, -0.25) is 0 Å². The maximum absolute atomic E-state index is 11.9. The molecule has 0 atom stereocenters. The van der Waals surface area contributed by atoms with Crippen LogP contribution in [0.3, 0.4) is 0 Å². The van der Waals surface area contributed by atoms with Crippen LogP contribution in [0.5, 0.6) is 0 Å². The monoisotopic (exact) mass is 267 g/mol. The summed E-state index contributed by atoms with van der Waals surface area (Å²) in [7, 11) is -0.428. The number of nitrogens with one attached hydrogen (secondary N) is 2.